The van der Waals surface area contributed by atoms with Gasteiger partial charge in [0.15, 0.2) is 5.13 Å². The van der Waals surface area contributed by atoms with Gasteiger partial charge in [0.1, 0.15) is 0 Å². The molecule has 1 amide bonds. The summed E-state index contributed by atoms with van der Waals surface area (Å²) in [5, 5.41) is 3.89. The van der Waals surface area contributed by atoms with Gasteiger partial charge in [-0.05, 0) is 50.2 Å². The summed E-state index contributed by atoms with van der Waals surface area (Å²) in [5.41, 5.74) is 1.50. The lowest BCUT2D eigenvalue weighted by molar-refractivity contribution is 0.102. The number of rotatable bonds is 6. The van der Waals surface area contributed by atoms with E-state index in [4.69, 9.17) is 16.3 Å². The van der Waals surface area contributed by atoms with E-state index in [-0.39, 0.29) is 21.5 Å². The van der Waals surface area contributed by atoms with E-state index in [9.17, 15) is 13.2 Å². The molecule has 0 bridgehead atoms. The summed E-state index contributed by atoms with van der Waals surface area (Å²) in [6.45, 7) is 6.40. The van der Waals surface area contributed by atoms with Crippen molar-refractivity contribution < 1.29 is 17.9 Å². The summed E-state index contributed by atoms with van der Waals surface area (Å²) in [6, 6.07) is 9.25. The zero-order chi connectivity index (χ0) is 22.9. The van der Waals surface area contributed by atoms with Crippen molar-refractivity contribution in [3.8, 4) is 0 Å². The molecule has 170 valence electrons. The highest BCUT2D eigenvalue weighted by Crippen LogP contribution is 2.31. The van der Waals surface area contributed by atoms with Crippen LogP contribution >= 0.6 is 22.9 Å². The first-order chi connectivity index (χ1) is 15.2. The molecule has 4 rings (SSSR count). The van der Waals surface area contributed by atoms with Gasteiger partial charge in [-0.3, -0.25) is 4.79 Å². The summed E-state index contributed by atoms with van der Waals surface area (Å²) in [4.78, 5) is 19.7. The van der Waals surface area contributed by atoms with Crippen molar-refractivity contribution in [3.63, 3.8) is 0 Å². The van der Waals surface area contributed by atoms with Crippen molar-refractivity contribution in [2.75, 3.05) is 36.5 Å². The molecule has 1 saturated heterocycles. The zero-order valence-electron chi connectivity index (χ0n) is 17.6. The number of nitrogens with zero attached hydrogens (tertiary/aromatic N) is 2. The fourth-order valence-electron chi connectivity index (χ4n) is 3.30. The third-order valence-electron chi connectivity index (χ3n) is 4.80. The van der Waals surface area contributed by atoms with Crippen LogP contribution in [0.15, 0.2) is 41.3 Å². The number of carbonyl (C=O) groups excluding carboxylic acids is 1. The highest BCUT2D eigenvalue weighted by molar-refractivity contribution is 7.89. The van der Waals surface area contributed by atoms with Crippen LogP contribution in [0.1, 0.15) is 24.2 Å². The van der Waals surface area contributed by atoms with E-state index in [1.54, 1.807) is 31.3 Å². The third-order valence-corrected chi connectivity index (χ3v) is 7.87. The molecule has 2 N–H and O–H groups in total. The molecule has 0 spiro atoms. The second-order valence-corrected chi connectivity index (χ2v) is 10.8. The summed E-state index contributed by atoms with van der Waals surface area (Å²) >= 11 is 7.75. The topological polar surface area (TPSA) is 101 Å². The van der Waals surface area contributed by atoms with Gasteiger partial charge in [0.05, 0.1) is 38.9 Å². The first-order valence-corrected chi connectivity index (χ1v) is 12.8. The van der Waals surface area contributed by atoms with E-state index in [1.165, 1.54) is 18.2 Å². The van der Waals surface area contributed by atoms with Gasteiger partial charge >= 0.3 is 0 Å². The number of halogens is 1. The molecular formula is C21H23ClN4O4S2. The minimum Gasteiger partial charge on any atom is -0.378 e. The number of aromatic nitrogens is 1. The number of ether oxygens (including phenoxy) is 1. The van der Waals surface area contributed by atoms with Crippen molar-refractivity contribution in [1.82, 2.24) is 9.71 Å². The van der Waals surface area contributed by atoms with E-state index in [0.29, 0.717) is 18.9 Å². The number of carbonyl (C=O) groups is 1. The number of amides is 1. The molecule has 32 heavy (non-hydrogen) atoms. The molecule has 0 unspecified atom stereocenters. The monoisotopic (exact) mass is 494 g/mol. The first kappa shape index (κ1) is 22.9. The molecule has 1 fully saturated rings. The number of benzene rings is 2. The summed E-state index contributed by atoms with van der Waals surface area (Å²) < 4.78 is 33.8. The summed E-state index contributed by atoms with van der Waals surface area (Å²) in [5.74, 6) is -0.492. The quantitative estimate of drug-likeness (QED) is 0.541. The van der Waals surface area contributed by atoms with Crippen LogP contribution in [0.25, 0.3) is 10.2 Å². The number of hydrogen-bond donors (Lipinski definition) is 2. The molecule has 0 aliphatic carbocycles. The predicted octanol–water partition coefficient (Wildman–Crippen LogP) is 3.73. The van der Waals surface area contributed by atoms with Crippen molar-refractivity contribution in [1.29, 1.82) is 0 Å². The lowest BCUT2D eigenvalue weighted by Gasteiger charge is -2.25. The molecule has 0 saturated carbocycles. The highest BCUT2D eigenvalue weighted by atomic mass is 35.5. The molecule has 1 aromatic heterocycles. The van der Waals surface area contributed by atoms with Gasteiger partial charge in [0.2, 0.25) is 10.0 Å². The van der Waals surface area contributed by atoms with Crippen LogP contribution in [0.2, 0.25) is 5.02 Å². The zero-order valence-corrected chi connectivity index (χ0v) is 20.0. The maximum absolute atomic E-state index is 12.9. The second kappa shape index (κ2) is 9.32. The lowest BCUT2D eigenvalue weighted by atomic mass is 10.2. The number of fused-ring (bicyclic) bond motifs is 1. The van der Waals surface area contributed by atoms with Crippen LogP contribution in [-0.2, 0) is 14.8 Å². The van der Waals surface area contributed by atoms with Crippen LogP contribution < -0.4 is 14.9 Å². The van der Waals surface area contributed by atoms with E-state index in [0.717, 1.165) is 28.4 Å². The predicted molar refractivity (Wildman–Crippen MR) is 128 cm³/mol. The summed E-state index contributed by atoms with van der Waals surface area (Å²) in [7, 11) is -3.75. The van der Waals surface area contributed by atoms with Crippen molar-refractivity contribution in [2.24, 2.45) is 0 Å². The fourth-order valence-corrected chi connectivity index (χ4v) is 5.84. The van der Waals surface area contributed by atoms with Gasteiger partial charge in [-0.15, -0.1) is 0 Å². The van der Waals surface area contributed by atoms with Crippen LogP contribution in [-0.4, -0.2) is 51.7 Å². The number of morpholine rings is 1. The minimum atomic E-state index is -3.75. The number of thiazole rings is 1. The lowest BCUT2D eigenvalue weighted by Crippen LogP contribution is -2.36. The molecular weight excluding hydrogens is 472 g/mol. The maximum Gasteiger partial charge on any atom is 0.257 e. The van der Waals surface area contributed by atoms with E-state index in [1.807, 2.05) is 12.1 Å². The van der Waals surface area contributed by atoms with Gasteiger partial charge in [0, 0.05) is 24.8 Å². The number of hydrogen-bond acceptors (Lipinski definition) is 7. The molecule has 1 aliphatic heterocycles. The fraction of sp³-hybridized carbons (Fsp3) is 0.333. The first-order valence-electron chi connectivity index (χ1n) is 10.1. The second-order valence-electron chi connectivity index (χ2n) is 7.65. The Balaban J connectivity index is 1.56. The van der Waals surface area contributed by atoms with E-state index in [2.05, 4.69) is 19.9 Å². The Labute approximate surface area is 195 Å². The van der Waals surface area contributed by atoms with Gasteiger partial charge in [-0.1, -0.05) is 22.9 Å². The van der Waals surface area contributed by atoms with Gasteiger partial charge in [-0.25, -0.2) is 18.1 Å². The number of sulfonamides is 1. The van der Waals surface area contributed by atoms with Crippen molar-refractivity contribution in [2.45, 2.75) is 24.8 Å². The molecule has 3 aromatic rings. The van der Waals surface area contributed by atoms with Crippen LogP contribution in [0.5, 0.6) is 0 Å². The molecule has 1 aliphatic rings. The van der Waals surface area contributed by atoms with Gasteiger partial charge < -0.3 is 15.0 Å². The van der Waals surface area contributed by atoms with Crippen molar-refractivity contribution >= 4 is 59.9 Å². The van der Waals surface area contributed by atoms with Crippen molar-refractivity contribution in [3.05, 3.63) is 47.0 Å². The Bertz CT molecular complexity index is 1250. The largest absolute Gasteiger partial charge is 0.378 e. The SMILES string of the molecule is CC(C)NS(=O)(=O)c1ccc(Cl)c(C(=O)Nc2ccc3nc(N4CCOCC4)sc3c2)c1. The number of anilines is 2. The molecule has 8 nitrogen and oxygen atoms in total. The molecule has 0 radical (unpaired) electrons. The average molecular weight is 495 g/mol. The van der Waals surface area contributed by atoms with Crippen LogP contribution in [0, 0.1) is 0 Å². The van der Waals surface area contributed by atoms with Gasteiger partial charge in [-0.2, -0.15) is 0 Å². The normalized spacial score (nSPS) is 14.8. The Kier molecular flexibility index (Phi) is 6.68. The van der Waals surface area contributed by atoms with Crippen LogP contribution in [0.3, 0.4) is 0 Å². The average Bonchev–Trinajstić information content (AvgIpc) is 3.17. The third kappa shape index (κ3) is 5.05. The molecule has 2 heterocycles. The van der Waals surface area contributed by atoms with E-state index >= 15 is 0 Å². The molecule has 11 heteroatoms. The molecule has 0 atom stereocenters. The Morgan fingerprint density at radius 3 is 2.66 bits per heavy atom. The molecule has 2 aromatic carbocycles. The Hall–Kier alpha value is -2.24. The Morgan fingerprint density at radius 1 is 1.19 bits per heavy atom. The minimum absolute atomic E-state index is 0.0196. The maximum atomic E-state index is 12.9. The smallest absolute Gasteiger partial charge is 0.257 e. The Morgan fingerprint density at radius 2 is 1.94 bits per heavy atom. The van der Waals surface area contributed by atoms with Gasteiger partial charge in [0.25, 0.3) is 5.91 Å². The highest BCUT2D eigenvalue weighted by Gasteiger charge is 2.20. The van der Waals surface area contributed by atoms with E-state index < -0.39 is 15.9 Å². The summed E-state index contributed by atoms with van der Waals surface area (Å²) in [6.07, 6.45) is 0. The number of nitrogens with one attached hydrogen (secondary N) is 2. The standard InChI is InChI=1S/C21H23ClN4O4S2/c1-13(2)25-32(28,29)15-4-5-17(22)16(12-15)20(27)23-14-3-6-18-19(11-14)31-21(24-18)26-7-9-30-10-8-26/h3-6,11-13,25H,7-10H2,1-2H3,(H,23,27). The van der Waals surface area contributed by atoms with Crippen LogP contribution in [0.4, 0.5) is 10.8 Å².